The van der Waals surface area contributed by atoms with Crippen LogP contribution in [0.25, 0.3) is 0 Å². The van der Waals surface area contributed by atoms with E-state index in [0.29, 0.717) is 23.9 Å². The van der Waals surface area contributed by atoms with Crippen LogP contribution in [0.15, 0.2) is 58.9 Å². The molecule has 0 aliphatic rings. The third-order valence-corrected chi connectivity index (χ3v) is 5.69. The number of carbonyl (C=O) groups excluding carboxylic acids is 1. The largest absolute Gasteiger partial charge is 0.356 e. The molecule has 0 fully saturated rings. The van der Waals surface area contributed by atoms with E-state index in [0.717, 1.165) is 15.0 Å². The van der Waals surface area contributed by atoms with Crippen molar-refractivity contribution in [2.75, 3.05) is 11.1 Å². The predicted molar refractivity (Wildman–Crippen MR) is 108 cm³/mol. The summed E-state index contributed by atoms with van der Waals surface area (Å²) in [5.74, 6) is 0.264. The molecule has 3 rings (SSSR count). The highest BCUT2D eigenvalue weighted by Gasteiger charge is 2.08. The van der Waals surface area contributed by atoms with Crippen LogP contribution in [0.3, 0.4) is 0 Å². The number of halogens is 1. The number of amides is 1. The number of thioether (sulfide) groups is 1. The van der Waals surface area contributed by atoms with Gasteiger partial charge in [0.05, 0.1) is 5.75 Å². The second-order valence-corrected chi connectivity index (χ2v) is 8.04. The SMILES string of the molecule is O=C(CSc1nnc(NCc2ccccc2)s1)NCc1ccc(Cl)cc1. The van der Waals surface area contributed by atoms with Crippen LogP contribution in [0.1, 0.15) is 11.1 Å². The lowest BCUT2D eigenvalue weighted by molar-refractivity contribution is -0.118. The van der Waals surface area contributed by atoms with E-state index in [1.54, 1.807) is 0 Å². The van der Waals surface area contributed by atoms with Gasteiger partial charge in [-0.2, -0.15) is 0 Å². The standard InChI is InChI=1S/C18H17ClN4OS2/c19-15-8-6-14(7-9-15)10-20-16(24)12-25-18-23-22-17(26-18)21-11-13-4-2-1-3-5-13/h1-9H,10-12H2,(H,20,24)(H,21,22). The summed E-state index contributed by atoms with van der Waals surface area (Å²) in [7, 11) is 0. The lowest BCUT2D eigenvalue weighted by Crippen LogP contribution is -2.24. The van der Waals surface area contributed by atoms with Crippen LogP contribution in [0, 0.1) is 0 Å². The minimum Gasteiger partial charge on any atom is -0.356 e. The molecule has 0 saturated carbocycles. The zero-order valence-corrected chi connectivity index (χ0v) is 16.2. The van der Waals surface area contributed by atoms with Gasteiger partial charge >= 0.3 is 0 Å². The van der Waals surface area contributed by atoms with Gasteiger partial charge in [0.25, 0.3) is 0 Å². The number of hydrogen-bond donors (Lipinski definition) is 2. The van der Waals surface area contributed by atoms with Gasteiger partial charge < -0.3 is 10.6 Å². The van der Waals surface area contributed by atoms with Crippen molar-refractivity contribution in [2.45, 2.75) is 17.4 Å². The van der Waals surface area contributed by atoms with E-state index in [1.165, 1.54) is 28.7 Å². The zero-order chi connectivity index (χ0) is 18.2. The van der Waals surface area contributed by atoms with Crippen molar-refractivity contribution in [3.8, 4) is 0 Å². The fourth-order valence-electron chi connectivity index (χ4n) is 2.09. The number of hydrogen-bond acceptors (Lipinski definition) is 6. The third-order valence-electron chi connectivity index (χ3n) is 3.42. The first kappa shape index (κ1) is 18.7. The molecule has 134 valence electrons. The van der Waals surface area contributed by atoms with Crippen LogP contribution < -0.4 is 10.6 Å². The molecule has 0 unspecified atom stereocenters. The van der Waals surface area contributed by atoms with Crippen molar-refractivity contribution in [2.24, 2.45) is 0 Å². The molecule has 3 aromatic rings. The first-order valence-electron chi connectivity index (χ1n) is 7.94. The molecule has 1 heterocycles. The first-order chi connectivity index (χ1) is 12.7. The minimum atomic E-state index is -0.0426. The Hall–Kier alpha value is -2.09. The summed E-state index contributed by atoms with van der Waals surface area (Å²) in [5, 5.41) is 15.8. The minimum absolute atomic E-state index is 0.0426. The Balaban J connectivity index is 1.39. The summed E-state index contributed by atoms with van der Waals surface area (Å²) in [6.07, 6.45) is 0. The third kappa shape index (κ3) is 6.01. The van der Waals surface area contributed by atoms with Crippen molar-refractivity contribution in [3.05, 3.63) is 70.7 Å². The van der Waals surface area contributed by atoms with E-state index < -0.39 is 0 Å². The number of nitrogens with one attached hydrogen (secondary N) is 2. The average Bonchev–Trinajstić information content (AvgIpc) is 3.13. The lowest BCUT2D eigenvalue weighted by atomic mass is 10.2. The average molecular weight is 405 g/mol. The molecule has 1 aromatic heterocycles. The van der Waals surface area contributed by atoms with Gasteiger partial charge in [-0.3, -0.25) is 4.79 Å². The molecule has 26 heavy (non-hydrogen) atoms. The van der Waals surface area contributed by atoms with E-state index in [9.17, 15) is 4.79 Å². The second-order valence-electron chi connectivity index (χ2n) is 5.40. The van der Waals surface area contributed by atoms with Gasteiger partial charge in [0.2, 0.25) is 11.0 Å². The van der Waals surface area contributed by atoms with E-state index >= 15 is 0 Å². The molecular weight excluding hydrogens is 388 g/mol. The normalized spacial score (nSPS) is 10.5. The van der Waals surface area contributed by atoms with Gasteiger partial charge in [-0.15, -0.1) is 10.2 Å². The van der Waals surface area contributed by atoms with Crippen LogP contribution in [0.2, 0.25) is 5.02 Å². The highest BCUT2D eigenvalue weighted by Crippen LogP contribution is 2.25. The van der Waals surface area contributed by atoms with Crippen molar-refractivity contribution < 1.29 is 4.79 Å². The molecule has 0 aliphatic heterocycles. The van der Waals surface area contributed by atoms with Crippen LogP contribution in [0.5, 0.6) is 0 Å². The van der Waals surface area contributed by atoms with Crippen LogP contribution in [-0.4, -0.2) is 21.9 Å². The van der Waals surface area contributed by atoms with E-state index in [4.69, 9.17) is 11.6 Å². The summed E-state index contributed by atoms with van der Waals surface area (Å²) < 4.78 is 0.766. The van der Waals surface area contributed by atoms with Gasteiger partial charge in [-0.05, 0) is 23.3 Å². The fraction of sp³-hybridized carbons (Fsp3) is 0.167. The van der Waals surface area contributed by atoms with Crippen LogP contribution in [-0.2, 0) is 17.9 Å². The summed E-state index contributed by atoms with van der Waals surface area (Å²) >= 11 is 8.67. The maximum absolute atomic E-state index is 12.0. The molecule has 1 amide bonds. The Bertz CT molecular complexity index is 840. The topological polar surface area (TPSA) is 66.9 Å². The molecule has 0 aliphatic carbocycles. The van der Waals surface area contributed by atoms with Crippen LogP contribution >= 0.6 is 34.7 Å². The summed E-state index contributed by atoms with van der Waals surface area (Å²) in [5.41, 5.74) is 2.19. The highest BCUT2D eigenvalue weighted by molar-refractivity contribution is 8.01. The fourth-order valence-corrected chi connectivity index (χ4v) is 3.80. The van der Waals surface area contributed by atoms with Gasteiger partial charge in [0.1, 0.15) is 0 Å². The van der Waals surface area contributed by atoms with Gasteiger partial charge in [0, 0.05) is 18.1 Å². The Morgan fingerprint density at radius 2 is 1.73 bits per heavy atom. The Morgan fingerprint density at radius 3 is 2.50 bits per heavy atom. The number of carbonyl (C=O) groups is 1. The number of anilines is 1. The maximum Gasteiger partial charge on any atom is 0.230 e. The number of rotatable bonds is 8. The smallest absolute Gasteiger partial charge is 0.230 e. The molecule has 5 nitrogen and oxygen atoms in total. The Kier molecular flexibility index (Phi) is 6.88. The molecule has 8 heteroatoms. The highest BCUT2D eigenvalue weighted by atomic mass is 35.5. The van der Waals surface area contributed by atoms with Gasteiger partial charge in [0.15, 0.2) is 4.34 Å². The van der Waals surface area contributed by atoms with Crippen molar-refractivity contribution in [3.63, 3.8) is 0 Å². The Morgan fingerprint density at radius 1 is 1.00 bits per heavy atom. The van der Waals surface area contributed by atoms with Crippen LogP contribution in [0.4, 0.5) is 5.13 Å². The Labute approximate surface area is 165 Å². The molecule has 2 aromatic carbocycles. The predicted octanol–water partition coefficient (Wildman–Crippen LogP) is 4.21. The number of benzene rings is 2. The van der Waals surface area contributed by atoms with E-state index in [1.807, 2.05) is 42.5 Å². The van der Waals surface area contributed by atoms with Gasteiger partial charge in [-0.1, -0.05) is 77.2 Å². The molecule has 0 spiro atoms. The number of aromatic nitrogens is 2. The second kappa shape index (κ2) is 9.56. The monoisotopic (exact) mass is 404 g/mol. The van der Waals surface area contributed by atoms with Crippen molar-refractivity contribution in [1.29, 1.82) is 0 Å². The molecular formula is C18H17ClN4OS2. The van der Waals surface area contributed by atoms with Gasteiger partial charge in [-0.25, -0.2) is 0 Å². The summed E-state index contributed by atoms with van der Waals surface area (Å²) in [6.45, 7) is 1.18. The molecule has 2 N–H and O–H groups in total. The quantitative estimate of drug-likeness (QED) is 0.550. The molecule has 0 saturated heterocycles. The zero-order valence-electron chi connectivity index (χ0n) is 13.8. The van der Waals surface area contributed by atoms with E-state index in [2.05, 4.69) is 33.0 Å². The molecule has 0 atom stereocenters. The summed E-state index contributed by atoms with van der Waals surface area (Å²) in [6, 6.07) is 17.5. The lowest BCUT2D eigenvalue weighted by Gasteiger charge is -2.04. The van der Waals surface area contributed by atoms with Crippen molar-refractivity contribution >= 4 is 45.7 Å². The van der Waals surface area contributed by atoms with Crippen molar-refractivity contribution in [1.82, 2.24) is 15.5 Å². The number of nitrogens with zero attached hydrogens (tertiary/aromatic N) is 2. The molecule has 0 radical (unpaired) electrons. The first-order valence-corrected chi connectivity index (χ1v) is 10.1. The summed E-state index contributed by atoms with van der Waals surface area (Å²) in [4.78, 5) is 12.0. The van der Waals surface area contributed by atoms with E-state index in [-0.39, 0.29) is 5.91 Å². The molecule has 0 bridgehead atoms. The maximum atomic E-state index is 12.0.